The van der Waals surface area contributed by atoms with Crippen molar-refractivity contribution in [3.63, 3.8) is 0 Å². The molecule has 36 heavy (non-hydrogen) atoms. The van der Waals surface area contributed by atoms with Crippen molar-refractivity contribution in [1.29, 1.82) is 0 Å². The van der Waals surface area contributed by atoms with E-state index < -0.39 is 17.5 Å². The van der Waals surface area contributed by atoms with Crippen molar-refractivity contribution in [3.8, 4) is 0 Å². The molecular weight excluding hydrogens is 459 g/mol. The molecular formula is C27H31FN6O2. The first-order valence-electron chi connectivity index (χ1n) is 12.5. The lowest BCUT2D eigenvalue weighted by Crippen LogP contribution is -2.44. The molecule has 4 aromatic rings. The van der Waals surface area contributed by atoms with Crippen molar-refractivity contribution in [2.75, 3.05) is 19.8 Å². The number of halogens is 1. The summed E-state index contributed by atoms with van der Waals surface area (Å²) in [5.41, 5.74) is 3.18. The van der Waals surface area contributed by atoms with E-state index in [4.69, 9.17) is 9.84 Å². The van der Waals surface area contributed by atoms with E-state index in [0.717, 1.165) is 27.9 Å². The highest BCUT2D eigenvalue weighted by Crippen LogP contribution is 2.42. The van der Waals surface area contributed by atoms with Gasteiger partial charge in [0.1, 0.15) is 6.17 Å². The third-order valence-corrected chi connectivity index (χ3v) is 7.15. The predicted molar refractivity (Wildman–Crippen MR) is 134 cm³/mol. The Morgan fingerprint density at radius 2 is 2.11 bits per heavy atom. The summed E-state index contributed by atoms with van der Waals surface area (Å²) in [6.07, 6.45) is 5.99. The number of fused-ring (bicyclic) bond motifs is 2. The molecule has 0 saturated heterocycles. The summed E-state index contributed by atoms with van der Waals surface area (Å²) in [6, 6.07) is 10.2. The molecule has 5 rings (SSSR count). The summed E-state index contributed by atoms with van der Waals surface area (Å²) in [5.74, 6) is -0.380. The number of pyridine rings is 1. The maximum Gasteiger partial charge on any atom is 0.250 e. The molecule has 9 heteroatoms. The standard InChI is InChI=1S/C27H31FN6O2/c1-3-36-12-11-30-25(35)21-8-9-27(2,15-22(21)28)24-17-32-26-31-16-20(34(26)33-24)14-18-6-7-23-19(13-18)5-4-10-29-23/h4-7,10,13,16-17,21-22H,3,8-9,11-12,14-15H2,1-2H3,(H,30,35)/t21?,22?,27-/m1/s1. The van der Waals surface area contributed by atoms with E-state index >= 15 is 4.39 Å². The zero-order valence-corrected chi connectivity index (χ0v) is 20.7. The van der Waals surface area contributed by atoms with Gasteiger partial charge >= 0.3 is 0 Å². The van der Waals surface area contributed by atoms with Crippen molar-refractivity contribution >= 4 is 22.6 Å². The van der Waals surface area contributed by atoms with Gasteiger partial charge < -0.3 is 10.1 Å². The Morgan fingerprint density at radius 3 is 2.94 bits per heavy atom. The van der Waals surface area contributed by atoms with Gasteiger partial charge in [-0.05, 0) is 49.9 Å². The van der Waals surface area contributed by atoms with E-state index in [1.807, 2.05) is 32.0 Å². The fourth-order valence-corrected chi connectivity index (χ4v) is 5.04. The summed E-state index contributed by atoms with van der Waals surface area (Å²) in [5, 5.41) is 8.74. The quantitative estimate of drug-likeness (QED) is 0.378. The van der Waals surface area contributed by atoms with Crippen LogP contribution in [0.2, 0.25) is 0 Å². The molecule has 1 saturated carbocycles. The SMILES string of the molecule is CCOCCNC(=O)C1CC[C@@](C)(c2cnc3ncc(Cc4ccc5ncccc5c4)n3n2)CC1F. The normalized spacial score (nSPS) is 22.2. The number of amides is 1. The lowest BCUT2D eigenvalue weighted by Gasteiger charge is -2.38. The van der Waals surface area contributed by atoms with Gasteiger partial charge in [0.05, 0.1) is 41.8 Å². The van der Waals surface area contributed by atoms with Crippen molar-refractivity contribution in [2.24, 2.45) is 5.92 Å². The minimum absolute atomic E-state index is 0.221. The van der Waals surface area contributed by atoms with E-state index in [1.54, 1.807) is 23.1 Å². The molecule has 3 heterocycles. The van der Waals surface area contributed by atoms with Crippen LogP contribution in [0.15, 0.2) is 48.9 Å². The summed E-state index contributed by atoms with van der Waals surface area (Å²) in [6.45, 7) is 5.32. The van der Waals surface area contributed by atoms with E-state index in [0.29, 0.717) is 44.8 Å². The first-order valence-corrected chi connectivity index (χ1v) is 12.5. The van der Waals surface area contributed by atoms with E-state index in [1.165, 1.54) is 0 Å². The van der Waals surface area contributed by atoms with Crippen LogP contribution in [0.1, 0.15) is 50.1 Å². The van der Waals surface area contributed by atoms with Gasteiger partial charge in [0.15, 0.2) is 0 Å². The van der Waals surface area contributed by atoms with E-state index in [2.05, 4.69) is 32.4 Å². The molecule has 1 aliphatic rings. The molecule has 8 nitrogen and oxygen atoms in total. The van der Waals surface area contributed by atoms with Crippen LogP contribution >= 0.6 is 0 Å². The first-order chi connectivity index (χ1) is 17.5. The molecule has 3 atom stereocenters. The molecule has 0 aliphatic heterocycles. The van der Waals surface area contributed by atoms with Crippen molar-refractivity contribution in [2.45, 2.75) is 51.1 Å². The van der Waals surface area contributed by atoms with Crippen LogP contribution in [0.3, 0.4) is 0 Å². The highest BCUT2D eigenvalue weighted by atomic mass is 19.1. The molecule has 0 radical (unpaired) electrons. The van der Waals surface area contributed by atoms with Crippen LogP contribution in [-0.2, 0) is 21.4 Å². The Hall–Kier alpha value is -3.46. The average Bonchev–Trinajstić information content (AvgIpc) is 3.28. The van der Waals surface area contributed by atoms with Gasteiger partial charge in [-0.15, -0.1) is 0 Å². The monoisotopic (exact) mass is 490 g/mol. The minimum atomic E-state index is -1.25. The topological polar surface area (TPSA) is 94.3 Å². The number of carbonyl (C=O) groups is 1. The maximum absolute atomic E-state index is 15.2. The van der Waals surface area contributed by atoms with Gasteiger partial charge in [0.25, 0.3) is 5.78 Å². The van der Waals surface area contributed by atoms with Gasteiger partial charge in [-0.1, -0.05) is 19.1 Å². The first kappa shape index (κ1) is 24.2. The third-order valence-electron chi connectivity index (χ3n) is 7.15. The summed E-state index contributed by atoms with van der Waals surface area (Å²) in [4.78, 5) is 25.8. The molecule has 3 aromatic heterocycles. The van der Waals surface area contributed by atoms with Crippen molar-refractivity contribution in [1.82, 2.24) is 29.9 Å². The van der Waals surface area contributed by atoms with Gasteiger partial charge in [-0.25, -0.2) is 18.9 Å². The van der Waals surface area contributed by atoms with Crippen molar-refractivity contribution in [3.05, 3.63) is 65.9 Å². The number of nitrogens with zero attached hydrogens (tertiary/aromatic N) is 5. The minimum Gasteiger partial charge on any atom is -0.380 e. The zero-order chi connectivity index (χ0) is 25.1. The Morgan fingerprint density at radius 1 is 1.25 bits per heavy atom. The van der Waals surface area contributed by atoms with Gasteiger partial charge in [0.2, 0.25) is 5.91 Å². The maximum atomic E-state index is 15.2. The van der Waals surface area contributed by atoms with Crippen molar-refractivity contribution < 1.29 is 13.9 Å². The molecule has 0 spiro atoms. The second-order valence-corrected chi connectivity index (χ2v) is 9.73. The second kappa shape index (κ2) is 10.3. The van der Waals surface area contributed by atoms with Crippen LogP contribution in [0.4, 0.5) is 4.39 Å². The lowest BCUT2D eigenvalue weighted by molar-refractivity contribution is -0.129. The summed E-state index contributed by atoms with van der Waals surface area (Å²) >= 11 is 0. The highest BCUT2D eigenvalue weighted by Gasteiger charge is 2.43. The summed E-state index contributed by atoms with van der Waals surface area (Å²) in [7, 11) is 0. The molecule has 188 valence electrons. The van der Waals surface area contributed by atoms with Gasteiger partial charge in [0, 0.05) is 36.6 Å². The Bertz CT molecular complexity index is 1370. The number of hydrogen-bond acceptors (Lipinski definition) is 6. The molecule has 1 amide bonds. The number of hydrogen-bond donors (Lipinski definition) is 1. The Balaban J connectivity index is 1.32. The number of rotatable bonds is 8. The van der Waals surface area contributed by atoms with Crippen LogP contribution in [0, 0.1) is 5.92 Å². The number of imidazole rings is 1. The number of carbonyl (C=O) groups excluding carboxylic acids is 1. The largest absolute Gasteiger partial charge is 0.380 e. The fraction of sp³-hybridized carbons (Fsp3) is 0.444. The summed E-state index contributed by atoms with van der Waals surface area (Å²) < 4.78 is 22.2. The molecule has 1 fully saturated rings. The highest BCUT2D eigenvalue weighted by molar-refractivity contribution is 5.79. The third kappa shape index (κ3) is 4.93. The van der Waals surface area contributed by atoms with Crippen LogP contribution in [0.5, 0.6) is 0 Å². The predicted octanol–water partition coefficient (Wildman–Crippen LogP) is 3.81. The second-order valence-electron chi connectivity index (χ2n) is 9.73. The Kier molecular flexibility index (Phi) is 6.91. The van der Waals surface area contributed by atoms with Gasteiger partial charge in [-0.3, -0.25) is 9.78 Å². The molecule has 0 bridgehead atoms. The number of aromatic nitrogens is 5. The average molecular weight is 491 g/mol. The number of alkyl halides is 1. The van der Waals surface area contributed by atoms with E-state index in [9.17, 15) is 4.79 Å². The number of benzene rings is 1. The van der Waals surface area contributed by atoms with Crippen LogP contribution < -0.4 is 5.32 Å². The molecule has 1 aromatic carbocycles. The zero-order valence-electron chi connectivity index (χ0n) is 20.7. The molecule has 2 unspecified atom stereocenters. The lowest BCUT2D eigenvalue weighted by atomic mass is 9.69. The number of ether oxygens (including phenoxy) is 1. The van der Waals surface area contributed by atoms with Gasteiger partial charge in [-0.2, -0.15) is 5.10 Å². The number of nitrogens with one attached hydrogen (secondary N) is 1. The smallest absolute Gasteiger partial charge is 0.250 e. The fourth-order valence-electron chi connectivity index (χ4n) is 5.04. The van der Waals surface area contributed by atoms with Crippen LogP contribution in [0.25, 0.3) is 16.7 Å². The molecule has 1 aliphatic carbocycles. The van der Waals surface area contributed by atoms with E-state index in [-0.39, 0.29) is 12.3 Å². The Labute approximate surface area is 209 Å². The van der Waals surface area contributed by atoms with Crippen LogP contribution in [-0.4, -0.2) is 56.4 Å². The molecule has 1 N–H and O–H groups in total.